The maximum atomic E-state index is 3.40. The van der Waals surface area contributed by atoms with Crippen LogP contribution in [0.2, 0.25) is 0 Å². The maximum Gasteiger partial charge on any atom is 0.0107 e. The molecule has 1 saturated heterocycles. The molecule has 1 atom stereocenters. The van der Waals surface area contributed by atoms with Gasteiger partial charge in [0.1, 0.15) is 0 Å². The minimum Gasteiger partial charge on any atom is -0.314 e. The molecule has 1 heterocycles. The first-order chi connectivity index (χ1) is 6.86. The van der Waals surface area contributed by atoms with E-state index in [1.165, 1.54) is 58.4 Å². The van der Waals surface area contributed by atoms with Crippen LogP contribution < -0.4 is 5.32 Å². The molecule has 1 aliphatic heterocycles. The van der Waals surface area contributed by atoms with Crippen molar-refractivity contribution in [3.63, 3.8) is 0 Å². The van der Waals surface area contributed by atoms with Gasteiger partial charge in [-0.2, -0.15) is 0 Å². The van der Waals surface area contributed by atoms with E-state index in [0.29, 0.717) is 0 Å². The summed E-state index contributed by atoms with van der Waals surface area (Å²) in [5.41, 5.74) is 0. The van der Waals surface area contributed by atoms with E-state index in [1.54, 1.807) is 0 Å². The molecule has 1 unspecified atom stereocenters. The van der Waals surface area contributed by atoms with Crippen LogP contribution in [-0.2, 0) is 0 Å². The van der Waals surface area contributed by atoms with Gasteiger partial charge in [-0.15, -0.1) is 0 Å². The highest BCUT2D eigenvalue weighted by Crippen LogP contribution is 2.15. The van der Waals surface area contributed by atoms with Gasteiger partial charge < -0.3 is 10.2 Å². The molecule has 14 heavy (non-hydrogen) atoms. The summed E-state index contributed by atoms with van der Waals surface area (Å²) in [5.74, 6) is 0.967. The molecule has 0 aromatic rings. The molecule has 1 fully saturated rings. The molecule has 2 heteroatoms. The van der Waals surface area contributed by atoms with E-state index in [9.17, 15) is 0 Å². The summed E-state index contributed by atoms with van der Waals surface area (Å²) in [6, 6.07) is 0. The minimum atomic E-state index is 0.967. The smallest absolute Gasteiger partial charge is 0.0107 e. The van der Waals surface area contributed by atoms with Crippen LogP contribution in [-0.4, -0.2) is 37.6 Å². The summed E-state index contributed by atoms with van der Waals surface area (Å²) in [4.78, 5) is 2.61. The number of hydrogen-bond acceptors (Lipinski definition) is 2. The molecule has 0 amide bonds. The van der Waals surface area contributed by atoms with Crippen LogP contribution in [0.15, 0.2) is 0 Å². The average molecular weight is 198 g/mol. The first-order valence-corrected chi connectivity index (χ1v) is 6.29. The van der Waals surface area contributed by atoms with Gasteiger partial charge in [-0.05, 0) is 18.9 Å². The van der Waals surface area contributed by atoms with Crippen molar-refractivity contribution in [2.45, 2.75) is 39.5 Å². The van der Waals surface area contributed by atoms with Crippen LogP contribution in [0.1, 0.15) is 39.5 Å². The third kappa shape index (κ3) is 4.43. The van der Waals surface area contributed by atoms with E-state index < -0.39 is 0 Å². The average Bonchev–Trinajstić information content (AvgIpc) is 2.25. The molecule has 1 rings (SSSR count). The SMILES string of the molecule is CCCC(CC)CCN1CCNCC1. The lowest BCUT2D eigenvalue weighted by molar-refractivity contribution is 0.219. The third-order valence-electron chi connectivity index (χ3n) is 3.34. The molecule has 0 aromatic heterocycles. The van der Waals surface area contributed by atoms with Crippen molar-refractivity contribution in [1.82, 2.24) is 10.2 Å². The second-order valence-electron chi connectivity index (χ2n) is 4.44. The first-order valence-electron chi connectivity index (χ1n) is 6.29. The summed E-state index contributed by atoms with van der Waals surface area (Å²) >= 11 is 0. The predicted octanol–water partition coefficient (Wildman–Crippen LogP) is 2.11. The molecule has 2 nitrogen and oxygen atoms in total. The summed E-state index contributed by atoms with van der Waals surface area (Å²) < 4.78 is 0. The number of nitrogens with one attached hydrogen (secondary N) is 1. The van der Waals surface area contributed by atoms with Gasteiger partial charge in [0.2, 0.25) is 0 Å². The normalized spacial score (nSPS) is 21.0. The molecule has 0 spiro atoms. The standard InChI is InChI=1S/C12H26N2/c1-3-5-12(4-2)6-9-14-10-7-13-8-11-14/h12-13H,3-11H2,1-2H3. The Morgan fingerprint density at radius 2 is 1.86 bits per heavy atom. The zero-order valence-electron chi connectivity index (χ0n) is 9.89. The van der Waals surface area contributed by atoms with Crippen LogP contribution in [0.3, 0.4) is 0 Å². The van der Waals surface area contributed by atoms with Gasteiger partial charge in [0, 0.05) is 26.2 Å². The zero-order chi connectivity index (χ0) is 10.2. The Labute approximate surface area is 89.1 Å². The van der Waals surface area contributed by atoms with Crippen LogP contribution in [0, 0.1) is 5.92 Å². The zero-order valence-corrected chi connectivity index (χ0v) is 9.89. The van der Waals surface area contributed by atoms with E-state index >= 15 is 0 Å². The molecule has 0 saturated carbocycles. The lowest BCUT2D eigenvalue weighted by atomic mass is 9.97. The number of hydrogen-bond donors (Lipinski definition) is 1. The van der Waals surface area contributed by atoms with Crippen molar-refractivity contribution in [1.29, 1.82) is 0 Å². The lowest BCUT2D eigenvalue weighted by Crippen LogP contribution is -2.44. The van der Waals surface area contributed by atoms with Gasteiger partial charge in [0.25, 0.3) is 0 Å². The van der Waals surface area contributed by atoms with Crippen molar-refractivity contribution in [2.75, 3.05) is 32.7 Å². The molecule has 0 aliphatic carbocycles. The van der Waals surface area contributed by atoms with E-state index in [-0.39, 0.29) is 0 Å². The van der Waals surface area contributed by atoms with Crippen molar-refractivity contribution in [3.8, 4) is 0 Å². The van der Waals surface area contributed by atoms with Crippen molar-refractivity contribution < 1.29 is 0 Å². The third-order valence-corrected chi connectivity index (χ3v) is 3.34. The fourth-order valence-corrected chi connectivity index (χ4v) is 2.26. The monoisotopic (exact) mass is 198 g/mol. The van der Waals surface area contributed by atoms with Crippen LogP contribution >= 0.6 is 0 Å². The molecular weight excluding hydrogens is 172 g/mol. The van der Waals surface area contributed by atoms with Gasteiger partial charge >= 0.3 is 0 Å². The fraction of sp³-hybridized carbons (Fsp3) is 1.00. The van der Waals surface area contributed by atoms with E-state index in [4.69, 9.17) is 0 Å². The molecule has 1 aliphatic rings. The Hall–Kier alpha value is -0.0800. The van der Waals surface area contributed by atoms with Crippen LogP contribution in [0.25, 0.3) is 0 Å². The van der Waals surface area contributed by atoms with Crippen LogP contribution in [0.5, 0.6) is 0 Å². The highest BCUT2D eigenvalue weighted by atomic mass is 15.2. The Morgan fingerprint density at radius 3 is 2.43 bits per heavy atom. The Balaban J connectivity index is 2.10. The summed E-state index contributed by atoms with van der Waals surface area (Å²) in [5, 5.41) is 3.40. The molecule has 0 aromatic carbocycles. The van der Waals surface area contributed by atoms with Gasteiger partial charge in [-0.1, -0.05) is 33.1 Å². The van der Waals surface area contributed by atoms with Crippen molar-refractivity contribution in [2.24, 2.45) is 5.92 Å². The van der Waals surface area contributed by atoms with E-state index in [0.717, 1.165) is 5.92 Å². The molecule has 0 bridgehead atoms. The Morgan fingerprint density at radius 1 is 1.14 bits per heavy atom. The molecule has 0 radical (unpaired) electrons. The highest BCUT2D eigenvalue weighted by Gasteiger charge is 2.11. The second-order valence-corrected chi connectivity index (χ2v) is 4.44. The van der Waals surface area contributed by atoms with Gasteiger partial charge in [0.15, 0.2) is 0 Å². The Bertz CT molecular complexity index is 126. The summed E-state index contributed by atoms with van der Waals surface area (Å²) in [7, 11) is 0. The van der Waals surface area contributed by atoms with E-state index in [2.05, 4.69) is 24.1 Å². The lowest BCUT2D eigenvalue weighted by Gasteiger charge is -2.28. The van der Waals surface area contributed by atoms with Gasteiger partial charge in [-0.3, -0.25) is 0 Å². The summed E-state index contributed by atoms with van der Waals surface area (Å²) in [6.45, 7) is 10.8. The number of rotatable bonds is 6. The highest BCUT2D eigenvalue weighted by molar-refractivity contribution is 4.69. The molecule has 1 N–H and O–H groups in total. The number of nitrogens with zero attached hydrogens (tertiary/aromatic N) is 1. The largest absolute Gasteiger partial charge is 0.314 e. The molecule has 84 valence electrons. The van der Waals surface area contributed by atoms with Crippen LogP contribution in [0.4, 0.5) is 0 Å². The van der Waals surface area contributed by atoms with E-state index in [1.807, 2.05) is 0 Å². The van der Waals surface area contributed by atoms with Gasteiger partial charge in [0.05, 0.1) is 0 Å². The predicted molar refractivity (Wildman–Crippen MR) is 62.6 cm³/mol. The first kappa shape index (κ1) is 12.0. The molecular formula is C12H26N2. The van der Waals surface area contributed by atoms with Crippen molar-refractivity contribution >= 4 is 0 Å². The quantitative estimate of drug-likeness (QED) is 0.703. The van der Waals surface area contributed by atoms with Crippen molar-refractivity contribution in [3.05, 3.63) is 0 Å². The topological polar surface area (TPSA) is 15.3 Å². The summed E-state index contributed by atoms with van der Waals surface area (Å²) in [6.07, 6.45) is 5.53. The maximum absolute atomic E-state index is 3.40. The fourth-order valence-electron chi connectivity index (χ4n) is 2.26. The second kappa shape index (κ2) is 7.24. The number of piperazine rings is 1. The minimum absolute atomic E-state index is 0.967. The van der Waals surface area contributed by atoms with Gasteiger partial charge in [-0.25, -0.2) is 0 Å². The Kier molecular flexibility index (Phi) is 6.20.